The summed E-state index contributed by atoms with van der Waals surface area (Å²) in [5.74, 6) is -0.387. The minimum Gasteiger partial charge on any atom is -0.458 e. The molecule has 0 rings (SSSR count). The van der Waals surface area contributed by atoms with Crippen molar-refractivity contribution >= 4 is 5.97 Å². The summed E-state index contributed by atoms with van der Waals surface area (Å²) in [6.45, 7) is 20.2. The number of hydrogen-bond donors (Lipinski definition) is 0. The second-order valence-electron chi connectivity index (χ2n) is 10.1. The molecule has 0 spiro atoms. The van der Waals surface area contributed by atoms with E-state index in [2.05, 4.69) is 6.58 Å². The van der Waals surface area contributed by atoms with Crippen LogP contribution >= 0.6 is 0 Å². The molecule has 0 aliphatic heterocycles. The van der Waals surface area contributed by atoms with E-state index >= 15 is 0 Å². The fourth-order valence-corrected chi connectivity index (χ4v) is 3.01. The Kier molecular flexibility index (Phi) is 34.6. The van der Waals surface area contributed by atoms with Gasteiger partial charge in [-0.15, -0.1) is 6.58 Å². The lowest BCUT2D eigenvalue weighted by Crippen LogP contribution is -2.27. The van der Waals surface area contributed by atoms with E-state index in [1.54, 1.807) is 6.08 Å². The molecular formula is C31H60O14. The Hall–Kier alpha value is -1.27. The third-order valence-electron chi connectivity index (χ3n) is 4.97. The first-order valence-electron chi connectivity index (χ1n) is 15.7. The Bertz CT molecular complexity index is 618. The van der Waals surface area contributed by atoms with Crippen molar-refractivity contribution in [1.29, 1.82) is 0 Å². The predicted octanol–water partition coefficient (Wildman–Crippen LogP) is 1.71. The maximum absolute atomic E-state index is 11.5. The molecule has 0 aromatic rings. The van der Waals surface area contributed by atoms with E-state index in [9.17, 15) is 4.79 Å². The molecule has 14 nitrogen and oxygen atoms in total. The van der Waals surface area contributed by atoms with Gasteiger partial charge in [0.15, 0.2) is 0 Å². The second-order valence-corrected chi connectivity index (χ2v) is 10.1. The van der Waals surface area contributed by atoms with Gasteiger partial charge in [-0.3, -0.25) is 0 Å². The molecule has 0 aliphatic carbocycles. The highest BCUT2D eigenvalue weighted by molar-refractivity contribution is 5.71. The van der Waals surface area contributed by atoms with Crippen LogP contribution in [0.2, 0.25) is 0 Å². The molecule has 0 amide bonds. The average molecular weight is 657 g/mol. The number of ether oxygens (including phenoxy) is 13. The summed E-state index contributed by atoms with van der Waals surface area (Å²) >= 11 is 0. The quantitative estimate of drug-likeness (QED) is 0.0545. The van der Waals surface area contributed by atoms with Crippen LogP contribution in [0, 0.1) is 0 Å². The molecule has 0 N–H and O–H groups in total. The van der Waals surface area contributed by atoms with Crippen molar-refractivity contribution in [3.63, 3.8) is 0 Å². The van der Waals surface area contributed by atoms with E-state index < -0.39 is 5.60 Å². The van der Waals surface area contributed by atoms with Gasteiger partial charge in [0.25, 0.3) is 0 Å². The van der Waals surface area contributed by atoms with Crippen LogP contribution in [0.25, 0.3) is 0 Å². The molecule has 0 saturated carbocycles. The zero-order valence-electron chi connectivity index (χ0n) is 28.0. The fraction of sp³-hybridized carbons (Fsp3) is 0.903. The van der Waals surface area contributed by atoms with Crippen LogP contribution in [0.3, 0.4) is 0 Å². The minimum atomic E-state index is -0.511. The molecule has 0 radical (unpaired) electrons. The van der Waals surface area contributed by atoms with E-state index in [-0.39, 0.29) is 12.6 Å². The van der Waals surface area contributed by atoms with E-state index in [0.717, 1.165) is 0 Å². The highest BCUT2D eigenvalue weighted by Crippen LogP contribution is 2.06. The van der Waals surface area contributed by atoms with Crippen LogP contribution in [0.4, 0.5) is 0 Å². The summed E-state index contributed by atoms with van der Waals surface area (Å²) in [7, 11) is 0. The van der Waals surface area contributed by atoms with Gasteiger partial charge in [0.2, 0.25) is 0 Å². The number of rotatable bonds is 37. The standard InChI is InChI=1S/C31H60O14/c1-5-6-33-7-8-34-9-10-35-11-12-36-13-14-37-15-16-38-17-18-39-19-20-40-21-22-41-23-24-42-25-26-43-27-28-44-29-30(32)45-31(2,3)4/h5H,1,6-29H2,2-4H3. The monoisotopic (exact) mass is 656 g/mol. The van der Waals surface area contributed by atoms with Gasteiger partial charge in [0.1, 0.15) is 12.2 Å². The summed E-state index contributed by atoms with van der Waals surface area (Å²) in [6.07, 6.45) is 1.71. The SMILES string of the molecule is C=CCOCCOCCOCCOCCOCCOCCOCCOCCOCCOCCOCCOCC(=O)OC(C)(C)C. The van der Waals surface area contributed by atoms with Crippen LogP contribution in [-0.2, 0) is 66.4 Å². The van der Waals surface area contributed by atoms with E-state index in [0.29, 0.717) is 152 Å². The number of carbonyl (C=O) groups excluding carboxylic acids is 1. The molecule has 268 valence electrons. The molecule has 0 aliphatic rings. The van der Waals surface area contributed by atoms with Crippen LogP contribution in [0.5, 0.6) is 0 Å². The van der Waals surface area contributed by atoms with Crippen molar-refractivity contribution in [1.82, 2.24) is 0 Å². The van der Waals surface area contributed by atoms with E-state index in [4.69, 9.17) is 61.6 Å². The van der Waals surface area contributed by atoms with E-state index in [1.165, 1.54) is 0 Å². The zero-order chi connectivity index (χ0) is 32.9. The molecule has 0 saturated heterocycles. The largest absolute Gasteiger partial charge is 0.458 e. The summed E-state index contributed by atoms with van der Waals surface area (Å²) < 4.78 is 69.9. The fourth-order valence-electron chi connectivity index (χ4n) is 3.01. The van der Waals surface area contributed by atoms with Crippen molar-refractivity contribution in [2.75, 3.05) is 159 Å². The average Bonchev–Trinajstić information content (AvgIpc) is 3.00. The van der Waals surface area contributed by atoms with Crippen molar-refractivity contribution in [2.24, 2.45) is 0 Å². The molecule has 45 heavy (non-hydrogen) atoms. The molecule has 0 unspecified atom stereocenters. The third-order valence-corrected chi connectivity index (χ3v) is 4.97. The highest BCUT2D eigenvalue weighted by atomic mass is 16.6. The highest BCUT2D eigenvalue weighted by Gasteiger charge is 2.15. The molecule has 0 bridgehead atoms. The van der Waals surface area contributed by atoms with Crippen LogP contribution in [-0.4, -0.2) is 170 Å². The Morgan fingerprint density at radius 3 is 0.867 bits per heavy atom. The first-order chi connectivity index (χ1) is 22.0. The molecule has 14 heteroatoms. The van der Waals surface area contributed by atoms with Crippen molar-refractivity contribution < 1.29 is 66.4 Å². The topological polar surface area (TPSA) is 137 Å². The minimum absolute atomic E-state index is 0.0834. The van der Waals surface area contributed by atoms with Crippen molar-refractivity contribution in [3.8, 4) is 0 Å². The summed E-state index contributed by atoms with van der Waals surface area (Å²) in [6, 6.07) is 0. The lowest BCUT2D eigenvalue weighted by molar-refractivity contribution is -0.160. The summed E-state index contributed by atoms with van der Waals surface area (Å²) in [4.78, 5) is 11.5. The van der Waals surface area contributed by atoms with Gasteiger partial charge in [-0.05, 0) is 20.8 Å². The molecule has 0 aromatic heterocycles. The van der Waals surface area contributed by atoms with Crippen LogP contribution < -0.4 is 0 Å². The van der Waals surface area contributed by atoms with Crippen LogP contribution in [0.1, 0.15) is 20.8 Å². The normalized spacial score (nSPS) is 11.7. The molecule has 0 fully saturated rings. The zero-order valence-corrected chi connectivity index (χ0v) is 28.0. The van der Waals surface area contributed by atoms with Gasteiger partial charge in [0.05, 0.1) is 152 Å². The summed E-state index contributed by atoms with van der Waals surface area (Å²) in [5, 5.41) is 0. The van der Waals surface area contributed by atoms with Gasteiger partial charge < -0.3 is 61.6 Å². The van der Waals surface area contributed by atoms with Crippen LogP contribution in [0.15, 0.2) is 12.7 Å². The van der Waals surface area contributed by atoms with Gasteiger partial charge in [-0.2, -0.15) is 0 Å². The first kappa shape index (κ1) is 43.7. The number of carbonyl (C=O) groups is 1. The second kappa shape index (κ2) is 35.6. The lowest BCUT2D eigenvalue weighted by Gasteiger charge is -2.19. The molecular weight excluding hydrogens is 596 g/mol. The van der Waals surface area contributed by atoms with Gasteiger partial charge in [-0.25, -0.2) is 4.79 Å². The van der Waals surface area contributed by atoms with Crippen molar-refractivity contribution in [3.05, 3.63) is 12.7 Å². The van der Waals surface area contributed by atoms with Crippen molar-refractivity contribution in [2.45, 2.75) is 26.4 Å². The molecule has 0 aromatic carbocycles. The molecule has 0 heterocycles. The maximum atomic E-state index is 11.5. The lowest BCUT2D eigenvalue weighted by atomic mass is 10.2. The third kappa shape index (κ3) is 40.7. The van der Waals surface area contributed by atoms with Gasteiger partial charge >= 0.3 is 5.97 Å². The molecule has 0 atom stereocenters. The smallest absolute Gasteiger partial charge is 0.332 e. The Morgan fingerprint density at radius 1 is 0.422 bits per heavy atom. The number of esters is 1. The Morgan fingerprint density at radius 2 is 0.644 bits per heavy atom. The van der Waals surface area contributed by atoms with Gasteiger partial charge in [-0.1, -0.05) is 6.08 Å². The van der Waals surface area contributed by atoms with Gasteiger partial charge in [0, 0.05) is 0 Å². The Labute approximate surface area is 270 Å². The number of hydrogen-bond acceptors (Lipinski definition) is 14. The predicted molar refractivity (Wildman–Crippen MR) is 166 cm³/mol. The first-order valence-corrected chi connectivity index (χ1v) is 15.7. The van der Waals surface area contributed by atoms with E-state index in [1.807, 2.05) is 20.8 Å². The maximum Gasteiger partial charge on any atom is 0.332 e. The Balaban J connectivity index is 3.09. The summed E-state index contributed by atoms with van der Waals surface area (Å²) in [5.41, 5.74) is -0.511.